The van der Waals surface area contributed by atoms with Crippen molar-refractivity contribution in [3.63, 3.8) is 0 Å². The lowest BCUT2D eigenvalue weighted by Gasteiger charge is -2.23. The summed E-state index contributed by atoms with van der Waals surface area (Å²) in [6, 6.07) is 5.00. The van der Waals surface area contributed by atoms with E-state index >= 15 is 0 Å². The fourth-order valence-corrected chi connectivity index (χ4v) is 2.04. The van der Waals surface area contributed by atoms with Crippen molar-refractivity contribution in [2.24, 2.45) is 0 Å². The zero-order valence-corrected chi connectivity index (χ0v) is 10.7. The smallest absolute Gasteiger partial charge is 0.253 e. The molecule has 1 aliphatic rings. The molecule has 0 radical (unpaired) electrons. The quantitative estimate of drug-likeness (QED) is 0.683. The highest BCUT2D eigenvalue weighted by molar-refractivity contribution is 6.00. The summed E-state index contributed by atoms with van der Waals surface area (Å²) in [5, 5.41) is 5.58. The monoisotopic (exact) mass is 263 g/mol. The van der Waals surface area contributed by atoms with E-state index in [1.54, 1.807) is 18.2 Å². The Kier molecular flexibility index (Phi) is 3.89. The van der Waals surface area contributed by atoms with Crippen LogP contribution >= 0.6 is 0 Å². The van der Waals surface area contributed by atoms with Crippen LogP contribution in [0.25, 0.3) is 0 Å². The van der Waals surface area contributed by atoms with Crippen molar-refractivity contribution in [1.29, 1.82) is 0 Å². The standard InChI is InChI=1S/C13H17N3O3/c1-19-10-4-2-3-9(12(10)14)13(18)16-8-5-6-11(17)15-7-8/h2-4,8H,5-7,14H2,1H3,(H,15,17)(H,16,18). The van der Waals surface area contributed by atoms with Crippen molar-refractivity contribution in [3.8, 4) is 5.75 Å². The minimum absolute atomic E-state index is 0.0198. The Morgan fingerprint density at radius 3 is 2.95 bits per heavy atom. The Bertz CT molecular complexity index is 492. The molecule has 2 amide bonds. The number of methoxy groups -OCH3 is 1. The topological polar surface area (TPSA) is 93.4 Å². The molecule has 1 saturated heterocycles. The van der Waals surface area contributed by atoms with E-state index in [-0.39, 0.29) is 17.9 Å². The molecule has 102 valence electrons. The molecule has 1 aromatic rings. The van der Waals surface area contributed by atoms with Crippen LogP contribution in [0.4, 0.5) is 5.69 Å². The molecule has 1 heterocycles. The Morgan fingerprint density at radius 2 is 2.32 bits per heavy atom. The van der Waals surface area contributed by atoms with Crippen molar-refractivity contribution in [1.82, 2.24) is 10.6 Å². The lowest BCUT2D eigenvalue weighted by Crippen LogP contribution is -2.47. The van der Waals surface area contributed by atoms with E-state index in [0.717, 1.165) is 0 Å². The van der Waals surface area contributed by atoms with E-state index in [1.807, 2.05) is 0 Å². The number of nitrogens with one attached hydrogen (secondary N) is 2. The SMILES string of the molecule is COc1cccc(C(=O)NC2CCC(=O)NC2)c1N. The molecule has 1 aromatic carbocycles. The van der Waals surface area contributed by atoms with E-state index < -0.39 is 0 Å². The van der Waals surface area contributed by atoms with Crippen LogP contribution in [-0.4, -0.2) is 31.5 Å². The summed E-state index contributed by atoms with van der Waals surface area (Å²) in [7, 11) is 1.50. The molecule has 0 aromatic heterocycles. The molecule has 2 rings (SSSR count). The van der Waals surface area contributed by atoms with Gasteiger partial charge in [0.15, 0.2) is 0 Å². The molecule has 6 heteroatoms. The molecule has 1 fully saturated rings. The van der Waals surface area contributed by atoms with Gasteiger partial charge < -0.3 is 21.1 Å². The van der Waals surface area contributed by atoms with Gasteiger partial charge in [-0.1, -0.05) is 6.07 Å². The number of amides is 2. The summed E-state index contributed by atoms with van der Waals surface area (Å²) >= 11 is 0. The predicted molar refractivity (Wildman–Crippen MR) is 70.9 cm³/mol. The highest BCUT2D eigenvalue weighted by Crippen LogP contribution is 2.24. The maximum atomic E-state index is 12.1. The van der Waals surface area contributed by atoms with Crippen molar-refractivity contribution in [2.75, 3.05) is 19.4 Å². The van der Waals surface area contributed by atoms with Gasteiger partial charge in [0.1, 0.15) is 5.75 Å². The molecule has 6 nitrogen and oxygen atoms in total. The van der Waals surface area contributed by atoms with Gasteiger partial charge in [0, 0.05) is 19.0 Å². The van der Waals surface area contributed by atoms with E-state index in [0.29, 0.717) is 36.4 Å². The number of hydrogen-bond acceptors (Lipinski definition) is 4. The maximum Gasteiger partial charge on any atom is 0.253 e. The molecule has 0 spiro atoms. The van der Waals surface area contributed by atoms with Gasteiger partial charge in [-0.25, -0.2) is 0 Å². The molecule has 19 heavy (non-hydrogen) atoms. The van der Waals surface area contributed by atoms with Gasteiger partial charge in [0.05, 0.1) is 18.4 Å². The van der Waals surface area contributed by atoms with Crippen LogP contribution in [0.15, 0.2) is 18.2 Å². The van der Waals surface area contributed by atoms with E-state index in [9.17, 15) is 9.59 Å². The zero-order valence-electron chi connectivity index (χ0n) is 10.7. The molecule has 0 bridgehead atoms. The summed E-state index contributed by atoms with van der Waals surface area (Å²) in [5.41, 5.74) is 6.57. The minimum atomic E-state index is -0.252. The van der Waals surface area contributed by atoms with Gasteiger partial charge in [-0.2, -0.15) is 0 Å². The second-order valence-corrected chi connectivity index (χ2v) is 4.43. The van der Waals surface area contributed by atoms with Crippen molar-refractivity contribution >= 4 is 17.5 Å². The average Bonchev–Trinajstić information content (AvgIpc) is 2.41. The second-order valence-electron chi connectivity index (χ2n) is 4.43. The molecule has 0 aliphatic carbocycles. The molecule has 4 N–H and O–H groups in total. The minimum Gasteiger partial charge on any atom is -0.495 e. The number of piperidine rings is 1. The molecule has 0 saturated carbocycles. The Morgan fingerprint density at radius 1 is 1.53 bits per heavy atom. The summed E-state index contributed by atoms with van der Waals surface area (Å²) in [4.78, 5) is 23.2. The number of nitrogen functional groups attached to an aromatic ring is 1. The third-order valence-electron chi connectivity index (χ3n) is 3.13. The van der Waals surface area contributed by atoms with Crippen molar-refractivity contribution in [2.45, 2.75) is 18.9 Å². The second kappa shape index (κ2) is 5.60. The van der Waals surface area contributed by atoms with Crippen LogP contribution in [-0.2, 0) is 4.79 Å². The molecule has 1 aliphatic heterocycles. The number of hydrogen-bond donors (Lipinski definition) is 3. The highest BCUT2D eigenvalue weighted by atomic mass is 16.5. The van der Waals surface area contributed by atoms with Crippen molar-refractivity contribution < 1.29 is 14.3 Å². The first-order valence-corrected chi connectivity index (χ1v) is 6.12. The number of ether oxygens (including phenoxy) is 1. The van der Waals surface area contributed by atoms with Crippen molar-refractivity contribution in [3.05, 3.63) is 23.8 Å². The fourth-order valence-electron chi connectivity index (χ4n) is 2.04. The third-order valence-corrected chi connectivity index (χ3v) is 3.13. The maximum absolute atomic E-state index is 12.1. The normalized spacial score (nSPS) is 18.6. The van der Waals surface area contributed by atoms with Crippen LogP contribution < -0.4 is 21.1 Å². The number of rotatable bonds is 3. The predicted octanol–water partition coefficient (Wildman–Crippen LogP) is 0.286. The van der Waals surface area contributed by atoms with Crippen LogP contribution in [0.5, 0.6) is 5.75 Å². The first-order valence-electron chi connectivity index (χ1n) is 6.12. The summed E-state index contributed by atoms with van der Waals surface area (Å²) in [6.45, 7) is 0.453. The fraction of sp³-hybridized carbons (Fsp3) is 0.385. The van der Waals surface area contributed by atoms with Crippen LogP contribution in [0.3, 0.4) is 0 Å². The van der Waals surface area contributed by atoms with Gasteiger partial charge in [-0.05, 0) is 18.6 Å². The Balaban J connectivity index is 2.06. The number of carbonyl (C=O) groups is 2. The van der Waals surface area contributed by atoms with Gasteiger partial charge in [0.25, 0.3) is 5.91 Å². The number of anilines is 1. The third kappa shape index (κ3) is 2.96. The van der Waals surface area contributed by atoms with Gasteiger partial charge >= 0.3 is 0 Å². The van der Waals surface area contributed by atoms with Crippen LogP contribution in [0.2, 0.25) is 0 Å². The van der Waals surface area contributed by atoms with E-state index in [1.165, 1.54) is 7.11 Å². The Hall–Kier alpha value is -2.24. The number of carbonyl (C=O) groups excluding carboxylic acids is 2. The average molecular weight is 263 g/mol. The molecular formula is C13H17N3O3. The number of nitrogens with two attached hydrogens (primary N) is 1. The largest absolute Gasteiger partial charge is 0.495 e. The number of para-hydroxylation sites is 1. The van der Waals surface area contributed by atoms with Crippen LogP contribution in [0, 0.1) is 0 Å². The Labute approximate surface area is 111 Å². The zero-order chi connectivity index (χ0) is 13.8. The summed E-state index contributed by atoms with van der Waals surface area (Å²) in [6.07, 6.45) is 1.07. The van der Waals surface area contributed by atoms with Crippen LogP contribution in [0.1, 0.15) is 23.2 Å². The lowest BCUT2D eigenvalue weighted by molar-refractivity contribution is -0.122. The van der Waals surface area contributed by atoms with Gasteiger partial charge in [-0.3, -0.25) is 9.59 Å². The molecule has 1 atom stereocenters. The van der Waals surface area contributed by atoms with E-state index in [2.05, 4.69) is 10.6 Å². The lowest BCUT2D eigenvalue weighted by atomic mass is 10.1. The molecular weight excluding hydrogens is 246 g/mol. The first-order chi connectivity index (χ1) is 9.11. The highest BCUT2D eigenvalue weighted by Gasteiger charge is 2.21. The summed E-state index contributed by atoms with van der Waals surface area (Å²) in [5.74, 6) is 0.244. The van der Waals surface area contributed by atoms with Gasteiger partial charge in [-0.15, -0.1) is 0 Å². The first kappa shape index (κ1) is 13.2. The van der Waals surface area contributed by atoms with E-state index in [4.69, 9.17) is 10.5 Å². The number of benzene rings is 1. The summed E-state index contributed by atoms with van der Waals surface area (Å²) < 4.78 is 5.08. The molecule has 1 unspecified atom stereocenters. The van der Waals surface area contributed by atoms with Gasteiger partial charge in [0.2, 0.25) is 5.91 Å².